The zero-order valence-corrected chi connectivity index (χ0v) is 8.02. The van der Waals surface area contributed by atoms with E-state index in [4.69, 9.17) is 23.2 Å². The lowest BCUT2D eigenvalue weighted by Crippen LogP contribution is -2.19. The Labute approximate surface area is 81.1 Å². The summed E-state index contributed by atoms with van der Waals surface area (Å²) in [4.78, 5) is 0. The second kappa shape index (κ2) is 3.42. The van der Waals surface area contributed by atoms with Crippen molar-refractivity contribution >= 4 is 28.9 Å². The van der Waals surface area contributed by atoms with Gasteiger partial charge in [0.2, 0.25) is 0 Å². The van der Waals surface area contributed by atoms with E-state index in [9.17, 15) is 5.11 Å². The number of hydrogen-bond donors (Lipinski definition) is 2. The Morgan fingerprint density at radius 3 is 2.42 bits per heavy atom. The Kier molecular flexibility index (Phi) is 2.70. The molecule has 0 bridgehead atoms. The number of aromatic hydroxyl groups is 1. The van der Waals surface area contributed by atoms with Crippen molar-refractivity contribution in [3.63, 3.8) is 0 Å². The Hall–Kier alpha value is -0.600. The van der Waals surface area contributed by atoms with Crippen LogP contribution in [0.25, 0.3) is 0 Å². The zero-order valence-electron chi connectivity index (χ0n) is 6.51. The van der Waals surface area contributed by atoms with Crippen LogP contribution in [0.2, 0.25) is 0 Å². The molecule has 4 heteroatoms. The van der Waals surface area contributed by atoms with Crippen LogP contribution in [0.5, 0.6) is 5.75 Å². The van der Waals surface area contributed by atoms with E-state index >= 15 is 0 Å². The van der Waals surface area contributed by atoms with Crippen molar-refractivity contribution in [1.82, 2.24) is 0 Å². The largest absolute Gasteiger partial charge is 0.506 e. The standard InChI is InChI=1S/C8H9Cl2NO/c1-8(9,10)11-6-4-2-3-5-7(6)12/h2-5,11-12H,1H3. The average Bonchev–Trinajstić information content (AvgIpc) is 1.91. The van der Waals surface area contributed by atoms with Crippen LogP contribution in [0, 0.1) is 0 Å². The van der Waals surface area contributed by atoms with Gasteiger partial charge in [-0.2, -0.15) is 0 Å². The first-order valence-electron chi connectivity index (χ1n) is 3.43. The number of phenols is 1. The minimum absolute atomic E-state index is 0.130. The SMILES string of the molecule is CC(Cl)(Cl)Nc1ccccc1O. The molecule has 0 saturated carbocycles. The van der Waals surface area contributed by atoms with E-state index in [1.807, 2.05) is 0 Å². The third kappa shape index (κ3) is 2.80. The van der Waals surface area contributed by atoms with Gasteiger partial charge in [-0.3, -0.25) is 0 Å². The van der Waals surface area contributed by atoms with Gasteiger partial charge in [-0.15, -0.1) is 0 Å². The molecule has 12 heavy (non-hydrogen) atoms. The van der Waals surface area contributed by atoms with Crippen molar-refractivity contribution < 1.29 is 5.11 Å². The highest BCUT2D eigenvalue weighted by Gasteiger charge is 2.16. The second-order valence-corrected chi connectivity index (χ2v) is 4.24. The van der Waals surface area contributed by atoms with E-state index in [0.717, 1.165) is 0 Å². The third-order valence-electron chi connectivity index (χ3n) is 1.26. The number of phenolic OH excluding ortho intramolecular Hbond substituents is 1. The lowest BCUT2D eigenvalue weighted by atomic mass is 10.3. The number of hydrogen-bond acceptors (Lipinski definition) is 2. The number of halogens is 2. The van der Waals surface area contributed by atoms with Crippen LogP contribution in [-0.2, 0) is 0 Å². The molecule has 0 unspecified atom stereocenters. The fraction of sp³-hybridized carbons (Fsp3) is 0.250. The van der Waals surface area contributed by atoms with Crippen molar-refractivity contribution in [2.75, 3.05) is 5.32 Å². The van der Waals surface area contributed by atoms with Gasteiger partial charge in [0, 0.05) is 0 Å². The van der Waals surface area contributed by atoms with E-state index in [0.29, 0.717) is 5.69 Å². The van der Waals surface area contributed by atoms with Crippen molar-refractivity contribution in [1.29, 1.82) is 0 Å². The predicted octanol–water partition coefficient (Wildman–Crippen LogP) is 2.96. The Morgan fingerprint density at radius 1 is 1.33 bits per heavy atom. The molecule has 0 aromatic heterocycles. The molecule has 2 N–H and O–H groups in total. The fourth-order valence-corrected chi connectivity index (χ4v) is 1.02. The minimum Gasteiger partial charge on any atom is -0.506 e. The van der Waals surface area contributed by atoms with Crippen molar-refractivity contribution in [3.05, 3.63) is 24.3 Å². The summed E-state index contributed by atoms with van der Waals surface area (Å²) in [5.74, 6) is 0.130. The van der Waals surface area contributed by atoms with Crippen LogP contribution in [0.4, 0.5) is 5.69 Å². The summed E-state index contributed by atoms with van der Waals surface area (Å²) in [5, 5.41) is 12.0. The molecule has 1 rings (SSSR count). The summed E-state index contributed by atoms with van der Waals surface area (Å²) in [7, 11) is 0. The number of alkyl halides is 2. The molecule has 0 atom stereocenters. The predicted molar refractivity (Wildman–Crippen MR) is 51.8 cm³/mol. The van der Waals surface area contributed by atoms with Crippen LogP contribution in [0.15, 0.2) is 24.3 Å². The second-order valence-electron chi connectivity index (χ2n) is 2.53. The van der Waals surface area contributed by atoms with Crippen molar-refractivity contribution in [2.24, 2.45) is 0 Å². The van der Waals surface area contributed by atoms with E-state index in [2.05, 4.69) is 5.32 Å². The first-order valence-corrected chi connectivity index (χ1v) is 4.18. The zero-order chi connectivity index (χ0) is 9.19. The van der Waals surface area contributed by atoms with Gasteiger partial charge in [-0.1, -0.05) is 35.3 Å². The molecule has 0 aliphatic heterocycles. The van der Waals surface area contributed by atoms with Gasteiger partial charge in [0.15, 0.2) is 4.46 Å². The molecule has 2 nitrogen and oxygen atoms in total. The highest BCUT2D eigenvalue weighted by Crippen LogP contribution is 2.28. The number of para-hydroxylation sites is 2. The van der Waals surface area contributed by atoms with Gasteiger partial charge in [0.05, 0.1) is 5.69 Å². The van der Waals surface area contributed by atoms with E-state index < -0.39 is 4.46 Å². The maximum absolute atomic E-state index is 9.29. The lowest BCUT2D eigenvalue weighted by Gasteiger charge is -2.17. The van der Waals surface area contributed by atoms with Crippen molar-refractivity contribution in [2.45, 2.75) is 11.4 Å². The van der Waals surface area contributed by atoms with Gasteiger partial charge in [0.25, 0.3) is 0 Å². The van der Waals surface area contributed by atoms with Gasteiger partial charge in [-0.05, 0) is 19.1 Å². The molecule has 0 aliphatic carbocycles. The molecule has 1 aromatic rings. The van der Waals surface area contributed by atoms with Crippen molar-refractivity contribution in [3.8, 4) is 5.75 Å². The van der Waals surface area contributed by atoms with Gasteiger partial charge in [0.1, 0.15) is 5.75 Å². The monoisotopic (exact) mass is 205 g/mol. The highest BCUT2D eigenvalue weighted by molar-refractivity contribution is 6.49. The maximum atomic E-state index is 9.29. The van der Waals surface area contributed by atoms with Gasteiger partial charge in [-0.25, -0.2) is 0 Å². The molecule has 0 fully saturated rings. The molecular formula is C8H9Cl2NO. The molecule has 0 heterocycles. The van der Waals surface area contributed by atoms with E-state index in [1.54, 1.807) is 31.2 Å². The molecule has 0 aliphatic rings. The number of rotatable bonds is 2. The quantitative estimate of drug-likeness (QED) is 0.443. The Morgan fingerprint density at radius 2 is 1.92 bits per heavy atom. The normalized spacial score (nSPS) is 11.2. The summed E-state index contributed by atoms with van der Waals surface area (Å²) < 4.78 is -1.07. The Balaban J connectivity index is 2.83. The van der Waals surface area contributed by atoms with Crippen LogP contribution < -0.4 is 5.32 Å². The maximum Gasteiger partial charge on any atom is 0.185 e. The summed E-state index contributed by atoms with van der Waals surface area (Å²) >= 11 is 11.4. The smallest absolute Gasteiger partial charge is 0.185 e. The molecule has 0 radical (unpaired) electrons. The average molecular weight is 206 g/mol. The molecule has 1 aromatic carbocycles. The summed E-state index contributed by atoms with van der Waals surface area (Å²) in [6.07, 6.45) is 0. The molecule has 0 amide bonds. The third-order valence-corrected chi connectivity index (χ3v) is 1.45. The topological polar surface area (TPSA) is 32.3 Å². The fourth-order valence-electron chi connectivity index (χ4n) is 0.816. The summed E-state index contributed by atoms with van der Waals surface area (Å²) in [5.41, 5.74) is 0.519. The highest BCUT2D eigenvalue weighted by atomic mass is 35.5. The van der Waals surface area contributed by atoms with E-state index in [1.165, 1.54) is 0 Å². The summed E-state index contributed by atoms with van der Waals surface area (Å²) in [6, 6.07) is 6.75. The van der Waals surface area contributed by atoms with E-state index in [-0.39, 0.29) is 5.75 Å². The summed E-state index contributed by atoms with van der Waals surface area (Å²) in [6.45, 7) is 1.59. The first-order chi connectivity index (χ1) is 5.49. The van der Waals surface area contributed by atoms with Crippen LogP contribution in [0.3, 0.4) is 0 Å². The first kappa shape index (κ1) is 9.49. The van der Waals surface area contributed by atoms with Gasteiger partial charge < -0.3 is 10.4 Å². The minimum atomic E-state index is -1.07. The number of anilines is 1. The molecule has 0 saturated heterocycles. The molecular weight excluding hydrogens is 197 g/mol. The lowest BCUT2D eigenvalue weighted by molar-refractivity contribution is 0.477. The number of benzene rings is 1. The number of nitrogens with one attached hydrogen (secondary N) is 1. The molecule has 0 spiro atoms. The molecule has 66 valence electrons. The van der Waals surface area contributed by atoms with Crippen LogP contribution >= 0.6 is 23.2 Å². The van der Waals surface area contributed by atoms with Crippen LogP contribution in [0.1, 0.15) is 6.92 Å². The van der Waals surface area contributed by atoms with Gasteiger partial charge >= 0.3 is 0 Å². The van der Waals surface area contributed by atoms with Crippen LogP contribution in [-0.4, -0.2) is 9.56 Å². The Bertz CT molecular complexity index is 270.